The van der Waals surface area contributed by atoms with Gasteiger partial charge in [0.1, 0.15) is 6.61 Å². The number of aliphatic carboxylic acids is 2. The lowest BCUT2D eigenvalue weighted by Crippen LogP contribution is -2.10. The number of ether oxygens (including phenoxy) is 1. The molecule has 0 aromatic heterocycles. The largest absolute Gasteiger partial charge is 0.480 e. The Morgan fingerprint density at radius 2 is 1.60 bits per heavy atom. The van der Waals surface area contributed by atoms with Crippen LogP contribution in [0.2, 0.25) is 0 Å². The number of halogens is 1. The summed E-state index contributed by atoms with van der Waals surface area (Å²) in [6.45, 7) is 1.60. The highest BCUT2D eigenvalue weighted by Crippen LogP contribution is 1.69. The maximum Gasteiger partial charge on any atom is 0.331 e. The third-order valence-electron chi connectivity index (χ3n) is 0.636. The minimum Gasteiger partial charge on any atom is -0.480 e. The lowest BCUT2D eigenvalue weighted by molar-refractivity contribution is -0.143. The van der Waals surface area contributed by atoms with Gasteiger partial charge in [0.2, 0.25) is 0 Å². The molecule has 0 aromatic carbocycles. The minimum absolute atomic E-state index is 0.184. The highest BCUT2D eigenvalue weighted by Gasteiger charge is 1.90. The fourth-order valence-corrected chi connectivity index (χ4v) is 0.261. The molecule has 0 spiro atoms. The minimum atomic E-state index is -1.06. The summed E-state index contributed by atoms with van der Waals surface area (Å²) < 4.78 is 4.50. The molecule has 0 saturated carbocycles. The third-order valence-corrected chi connectivity index (χ3v) is 0.636. The van der Waals surface area contributed by atoms with Crippen molar-refractivity contribution in [2.75, 3.05) is 26.2 Å². The molecule has 0 saturated heterocycles. The first-order valence-electron chi connectivity index (χ1n) is 3.75. The van der Waals surface area contributed by atoms with Gasteiger partial charge in [-0.2, -0.15) is 0 Å². The Morgan fingerprint density at radius 3 is 1.67 bits per heavy atom. The van der Waals surface area contributed by atoms with E-state index in [0.717, 1.165) is 0 Å². The van der Waals surface area contributed by atoms with Crippen LogP contribution in [0.1, 0.15) is 6.92 Å². The van der Waals surface area contributed by atoms with Crippen molar-refractivity contribution < 1.29 is 29.4 Å². The Kier molecular flexibility index (Phi) is 24.6. The molecule has 0 aliphatic carbocycles. The number of nitrogens with two attached hydrogens (primary N) is 1. The molecule has 0 heterocycles. The molecular formula is C7H16ClNO6. The van der Waals surface area contributed by atoms with E-state index >= 15 is 0 Å². The van der Waals surface area contributed by atoms with Crippen LogP contribution in [-0.2, 0) is 19.2 Å². The van der Waals surface area contributed by atoms with E-state index in [2.05, 4.69) is 27.1 Å². The molecule has 0 aliphatic rings. The molecule has 0 unspecified atom stereocenters. The summed E-state index contributed by atoms with van der Waals surface area (Å²) in [7, 11) is 0. The van der Waals surface area contributed by atoms with Gasteiger partial charge in [-0.1, -0.05) is 0 Å². The van der Waals surface area contributed by atoms with E-state index in [-0.39, 0.29) is 6.61 Å². The van der Waals surface area contributed by atoms with Gasteiger partial charge in [0.15, 0.2) is 6.61 Å². The predicted molar refractivity (Wildman–Crippen MR) is 53.7 cm³/mol. The standard InChI is InChI=1S/C4H8O3.C2H5NO3.CH3Cl/c1-2-7-3-4(5)6;3-6-1-2(4)5;1-2/h2-3H2,1H3,(H,5,6);1,3H2,(H,4,5);1H3. The topological polar surface area (TPSA) is 119 Å². The lowest BCUT2D eigenvalue weighted by atomic mass is 10.7. The van der Waals surface area contributed by atoms with Crippen LogP contribution < -0.4 is 5.90 Å². The fourth-order valence-electron chi connectivity index (χ4n) is 0.261. The van der Waals surface area contributed by atoms with E-state index < -0.39 is 18.5 Å². The molecule has 0 atom stereocenters. The lowest BCUT2D eigenvalue weighted by Gasteiger charge is -1.90. The zero-order chi connectivity index (χ0) is 12.7. The average molecular weight is 246 g/mol. The Bertz CT molecular complexity index is 154. The van der Waals surface area contributed by atoms with E-state index in [0.29, 0.717) is 6.61 Å². The average Bonchev–Trinajstić information content (AvgIpc) is 2.18. The van der Waals surface area contributed by atoms with Crippen LogP contribution in [0.25, 0.3) is 0 Å². The van der Waals surface area contributed by atoms with E-state index in [9.17, 15) is 9.59 Å². The first-order valence-corrected chi connectivity index (χ1v) is 4.51. The van der Waals surface area contributed by atoms with Gasteiger partial charge in [-0.25, -0.2) is 15.5 Å². The molecule has 0 rings (SSSR count). The van der Waals surface area contributed by atoms with Gasteiger partial charge in [0.25, 0.3) is 0 Å². The van der Waals surface area contributed by atoms with E-state index in [1.165, 1.54) is 6.38 Å². The zero-order valence-corrected chi connectivity index (χ0v) is 9.36. The van der Waals surface area contributed by atoms with Gasteiger partial charge in [0.05, 0.1) is 0 Å². The molecule has 15 heavy (non-hydrogen) atoms. The molecule has 0 aliphatic heterocycles. The Labute approximate surface area is 92.7 Å². The van der Waals surface area contributed by atoms with Crippen LogP contribution in [0.4, 0.5) is 0 Å². The van der Waals surface area contributed by atoms with Crippen LogP contribution in [0.3, 0.4) is 0 Å². The summed E-state index contributed by atoms with van der Waals surface area (Å²) in [6.07, 6.45) is 1.47. The first kappa shape index (κ1) is 19.6. The SMILES string of the molecule is CCOCC(=O)O.CCl.NOCC(=O)O. The molecule has 92 valence electrons. The van der Waals surface area contributed by atoms with E-state index in [1.807, 2.05) is 0 Å². The van der Waals surface area contributed by atoms with Gasteiger partial charge >= 0.3 is 11.9 Å². The van der Waals surface area contributed by atoms with Gasteiger partial charge in [-0.15, -0.1) is 11.6 Å². The van der Waals surface area contributed by atoms with Gasteiger partial charge in [0, 0.05) is 13.0 Å². The molecular weight excluding hydrogens is 230 g/mol. The number of carbonyl (C=O) groups is 2. The summed E-state index contributed by atoms with van der Waals surface area (Å²) >= 11 is 4.64. The Morgan fingerprint density at radius 1 is 1.20 bits per heavy atom. The number of carboxylic acid groups (broad SMARTS) is 2. The number of hydrogen-bond acceptors (Lipinski definition) is 5. The Balaban J connectivity index is -0.000000166. The van der Waals surface area contributed by atoms with Crippen LogP contribution >= 0.6 is 11.6 Å². The normalized spacial score (nSPS) is 7.73. The number of hydrogen-bond donors (Lipinski definition) is 3. The third kappa shape index (κ3) is 43.3. The van der Waals surface area contributed by atoms with Crippen molar-refractivity contribution in [3.8, 4) is 0 Å². The smallest absolute Gasteiger partial charge is 0.331 e. The quantitative estimate of drug-likeness (QED) is 0.458. The molecule has 0 aromatic rings. The second kappa shape index (κ2) is 18.8. The second-order valence-electron chi connectivity index (χ2n) is 1.74. The van der Waals surface area contributed by atoms with Crippen LogP contribution in [0, 0.1) is 0 Å². The van der Waals surface area contributed by atoms with Crippen molar-refractivity contribution in [3.63, 3.8) is 0 Å². The predicted octanol–water partition coefficient (Wildman–Crippen LogP) is -0.0762. The van der Waals surface area contributed by atoms with Crippen molar-refractivity contribution in [2.45, 2.75) is 6.92 Å². The van der Waals surface area contributed by atoms with Gasteiger partial charge < -0.3 is 14.9 Å². The Hall–Kier alpha value is -0.890. The second-order valence-corrected chi connectivity index (χ2v) is 1.74. The highest BCUT2D eigenvalue weighted by molar-refractivity contribution is 6.15. The molecule has 7 nitrogen and oxygen atoms in total. The maximum absolute atomic E-state index is 9.63. The molecule has 0 bridgehead atoms. The monoisotopic (exact) mass is 245 g/mol. The molecule has 8 heteroatoms. The van der Waals surface area contributed by atoms with Crippen molar-refractivity contribution in [3.05, 3.63) is 0 Å². The van der Waals surface area contributed by atoms with E-state index in [1.54, 1.807) is 6.92 Å². The summed E-state index contributed by atoms with van der Waals surface area (Å²) in [5.41, 5.74) is 0. The van der Waals surface area contributed by atoms with Crippen molar-refractivity contribution >= 4 is 23.5 Å². The molecule has 0 amide bonds. The molecule has 0 fully saturated rings. The number of alkyl halides is 1. The van der Waals surface area contributed by atoms with Gasteiger partial charge in [-0.3, -0.25) is 4.84 Å². The summed E-state index contributed by atoms with van der Waals surface area (Å²) in [5, 5.41) is 15.6. The van der Waals surface area contributed by atoms with Crippen LogP contribution in [0.5, 0.6) is 0 Å². The molecule has 0 radical (unpaired) electrons. The van der Waals surface area contributed by atoms with Crippen LogP contribution in [-0.4, -0.2) is 48.4 Å². The molecule has 4 N–H and O–H groups in total. The van der Waals surface area contributed by atoms with E-state index in [4.69, 9.17) is 10.2 Å². The fraction of sp³-hybridized carbons (Fsp3) is 0.714. The zero-order valence-electron chi connectivity index (χ0n) is 8.60. The van der Waals surface area contributed by atoms with Crippen molar-refractivity contribution in [1.82, 2.24) is 0 Å². The summed E-state index contributed by atoms with van der Waals surface area (Å²) in [5.74, 6) is 2.38. The summed E-state index contributed by atoms with van der Waals surface area (Å²) in [6, 6.07) is 0. The highest BCUT2D eigenvalue weighted by atomic mass is 35.5. The number of carboxylic acids is 2. The summed E-state index contributed by atoms with van der Waals surface area (Å²) in [4.78, 5) is 22.7. The van der Waals surface area contributed by atoms with Crippen molar-refractivity contribution in [2.24, 2.45) is 5.90 Å². The van der Waals surface area contributed by atoms with Gasteiger partial charge in [-0.05, 0) is 6.92 Å². The van der Waals surface area contributed by atoms with Crippen molar-refractivity contribution in [1.29, 1.82) is 0 Å². The first-order chi connectivity index (χ1) is 7.04. The maximum atomic E-state index is 9.63. The van der Waals surface area contributed by atoms with Crippen LogP contribution in [0.15, 0.2) is 0 Å². The number of rotatable bonds is 5.